The third-order valence-electron chi connectivity index (χ3n) is 14.0. The molecule has 3 saturated heterocycles. The third-order valence-corrected chi connectivity index (χ3v) is 17.2. The number of aliphatic hydroxyl groups excluding tert-OH is 1. The van der Waals surface area contributed by atoms with E-state index in [2.05, 4.69) is 19.2 Å². The molecule has 4 heterocycles. The molecule has 5 atom stereocenters. The lowest BCUT2D eigenvalue weighted by atomic mass is 9.76. The van der Waals surface area contributed by atoms with Crippen molar-refractivity contribution in [2.45, 2.75) is 115 Å². The summed E-state index contributed by atoms with van der Waals surface area (Å²) in [6, 6.07) is 19.7. The summed E-state index contributed by atoms with van der Waals surface area (Å²) in [5.74, 6) is -2.59. The number of hydrogen-bond donors (Lipinski definition) is 3. The van der Waals surface area contributed by atoms with Crippen LogP contribution in [0.15, 0.2) is 71.6 Å². The standard InChI is InChI=1S/C52H65N3O11S2/c1-32(2)29-54(68(61,62)39-16-14-38(63-6)15-17-39)30-43(56)34(26-47(58)66-44-31-65-52(5)42(44)20-23-64-52)24-33-9-11-36(12-10-33)53-28-35-25-37(55-22-7-8-46(55)57)13-18-40(35)49-48(50(59)60)41-27-51(3,4)21-19-45(41)67-49/h9-18,25,32,34,42-44,53,56H,7-8,19-24,26-31H2,1-6H3,(H,59,60)/t34-,42+,43-,44+,52-/m1/s1. The second kappa shape index (κ2) is 20.2. The van der Waals surface area contributed by atoms with Crippen molar-refractivity contribution >= 4 is 50.6 Å². The van der Waals surface area contributed by atoms with Crippen LogP contribution in [0.25, 0.3) is 10.4 Å². The molecule has 4 aromatic rings. The van der Waals surface area contributed by atoms with Gasteiger partial charge in [-0.05, 0) is 128 Å². The van der Waals surface area contributed by atoms with Crippen molar-refractivity contribution in [1.29, 1.82) is 0 Å². The summed E-state index contributed by atoms with van der Waals surface area (Å²) < 4.78 is 52.4. The van der Waals surface area contributed by atoms with Crippen molar-refractivity contribution in [2.75, 3.05) is 50.2 Å². The number of anilines is 2. The number of aromatic carboxylic acids is 1. The minimum atomic E-state index is -4.05. The van der Waals surface area contributed by atoms with Gasteiger partial charge in [-0.3, -0.25) is 9.59 Å². The van der Waals surface area contributed by atoms with Crippen molar-refractivity contribution < 1.29 is 52.0 Å². The van der Waals surface area contributed by atoms with E-state index in [1.54, 1.807) is 28.4 Å². The van der Waals surface area contributed by atoms with Gasteiger partial charge < -0.3 is 39.4 Å². The van der Waals surface area contributed by atoms with Crippen molar-refractivity contribution in [1.82, 2.24) is 4.31 Å². The average Bonchev–Trinajstić information content (AvgIpc) is 4.07. The molecule has 0 bridgehead atoms. The molecule has 8 rings (SSSR count). The maximum Gasteiger partial charge on any atom is 0.337 e. The summed E-state index contributed by atoms with van der Waals surface area (Å²) in [6.07, 6.45) is 2.80. The number of hydrogen-bond acceptors (Lipinski definition) is 12. The Balaban J connectivity index is 1.04. The SMILES string of the molecule is COc1ccc(S(=O)(=O)N(CC(C)C)C[C@@H](O)[C@@H](CC(=O)O[C@H]2CO[C@@]3(C)OCC[C@@H]23)Cc2ccc(NCc3cc(N4CCCC4=O)ccc3-c3sc4c(c3C(=O)O)CC(C)(C)CC4)cc2)cc1. The van der Waals surface area contributed by atoms with E-state index in [0.29, 0.717) is 50.3 Å². The molecule has 3 aromatic carbocycles. The van der Waals surface area contributed by atoms with Gasteiger partial charge in [-0.15, -0.1) is 11.3 Å². The lowest BCUT2D eigenvalue weighted by Gasteiger charge is -2.30. The number of sulfonamides is 1. The number of fused-ring (bicyclic) bond motifs is 2. The number of esters is 1. The number of carboxylic acids is 1. The van der Waals surface area contributed by atoms with E-state index in [1.165, 1.54) is 23.5 Å². The number of carboxylic acid groups (broad SMARTS) is 1. The molecule has 1 aromatic heterocycles. The van der Waals surface area contributed by atoms with Crippen LogP contribution in [0.3, 0.4) is 0 Å². The van der Waals surface area contributed by atoms with Gasteiger partial charge in [0.25, 0.3) is 0 Å². The molecule has 68 heavy (non-hydrogen) atoms. The van der Waals surface area contributed by atoms with Crippen molar-refractivity contribution in [3.8, 4) is 16.2 Å². The zero-order chi connectivity index (χ0) is 48.5. The summed E-state index contributed by atoms with van der Waals surface area (Å²) in [5.41, 5.74) is 5.33. The molecule has 3 fully saturated rings. The highest BCUT2D eigenvalue weighted by Gasteiger charge is 2.53. The molecule has 0 saturated carbocycles. The Labute approximate surface area is 404 Å². The summed E-state index contributed by atoms with van der Waals surface area (Å²) in [4.78, 5) is 43.3. The van der Waals surface area contributed by atoms with Gasteiger partial charge in [0, 0.05) is 59.6 Å². The maximum absolute atomic E-state index is 14.1. The summed E-state index contributed by atoms with van der Waals surface area (Å²) >= 11 is 1.56. The lowest BCUT2D eigenvalue weighted by molar-refractivity contribution is -0.181. The number of methoxy groups -OCH3 is 1. The fourth-order valence-corrected chi connectivity index (χ4v) is 13.2. The zero-order valence-corrected chi connectivity index (χ0v) is 41.5. The fraction of sp³-hybridized carbons (Fsp3) is 0.519. The quantitative estimate of drug-likeness (QED) is 0.0766. The van der Waals surface area contributed by atoms with E-state index in [1.807, 2.05) is 63.2 Å². The Morgan fingerprint density at radius 3 is 2.44 bits per heavy atom. The number of ether oxygens (including phenoxy) is 4. The van der Waals surface area contributed by atoms with Gasteiger partial charge in [0.1, 0.15) is 11.9 Å². The predicted octanol–water partition coefficient (Wildman–Crippen LogP) is 8.33. The Kier molecular flexibility index (Phi) is 14.8. The molecular formula is C52H65N3O11S2. The molecular weight excluding hydrogens is 907 g/mol. The van der Waals surface area contributed by atoms with Gasteiger partial charge >= 0.3 is 11.9 Å². The second-order valence-electron chi connectivity index (χ2n) is 20.1. The number of nitrogens with one attached hydrogen (secondary N) is 1. The first-order valence-electron chi connectivity index (χ1n) is 23.8. The highest BCUT2D eigenvalue weighted by Crippen LogP contribution is 2.47. The van der Waals surface area contributed by atoms with Crippen LogP contribution in [0.5, 0.6) is 5.75 Å². The Morgan fingerprint density at radius 1 is 1.01 bits per heavy atom. The summed E-state index contributed by atoms with van der Waals surface area (Å²) in [7, 11) is -2.54. The maximum atomic E-state index is 14.1. The highest BCUT2D eigenvalue weighted by atomic mass is 32.2. The van der Waals surface area contributed by atoms with Gasteiger partial charge in [-0.1, -0.05) is 45.9 Å². The Morgan fingerprint density at radius 2 is 1.76 bits per heavy atom. The highest BCUT2D eigenvalue weighted by molar-refractivity contribution is 7.89. The molecule has 16 heteroatoms. The van der Waals surface area contributed by atoms with E-state index in [9.17, 15) is 33.0 Å². The summed E-state index contributed by atoms with van der Waals surface area (Å²) in [5, 5.41) is 26.2. The Hall–Kier alpha value is -4.84. The molecule has 0 unspecified atom stereocenters. The van der Waals surface area contributed by atoms with E-state index in [-0.39, 0.29) is 60.6 Å². The number of aryl methyl sites for hydroxylation is 1. The van der Waals surface area contributed by atoms with Crippen LogP contribution in [0.2, 0.25) is 0 Å². The predicted molar refractivity (Wildman–Crippen MR) is 261 cm³/mol. The normalized spacial score (nSPS) is 22.0. The number of carbonyl (C=O) groups excluding carboxylic acids is 2. The average molecular weight is 972 g/mol. The first-order valence-corrected chi connectivity index (χ1v) is 26.0. The molecule has 366 valence electrons. The number of rotatable bonds is 19. The smallest absolute Gasteiger partial charge is 0.337 e. The van der Waals surface area contributed by atoms with Crippen LogP contribution in [-0.4, -0.2) is 98.7 Å². The lowest BCUT2D eigenvalue weighted by Crippen LogP contribution is -2.43. The van der Waals surface area contributed by atoms with Gasteiger partial charge in [0.2, 0.25) is 15.9 Å². The van der Waals surface area contributed by atoms with Crippen molar-refractivity contribution in [3.05, 3.63) is 93.9 Å². The summed E-state index contributed by atoms with van der Waals surface area (Å²) in [6.45, 7) is 11.6. The largest absolute Gasteiger partial charge is 0.497 e. The molecule has 0 spiro atoms. The third kappa shape index (κ3) is 10.8. The first kappa shape index (κ1) is 49.6. The topological polar surface area (TPSA) is 181 Å². The molecule has 1 amide bonds. The number of aliphatic hydroxyl groups is 1. The van der Waals surface area contributed by atoms with Crippen LogP contribution >= 0.6 is 11.3 Å². The van der Waals surface area contributed by atoms with Crippen molar-refractivity contribution in [3.63, 3.8) is 0 Å². The van der Waals surface area contributed by atoms with Crippen LogP contribution in [0, 0.1) is 23.2 Å². The van der Waals surface area contributed by atoms with Crippen molar-refractivity contribution in [2.24, 2.45) is 23.2 Å². The van der Waals surface area contributed by atoms with E-state index < -0.39 is 45.9 Å². The molecule has 1 aliphatic carbocycles. The van der Waals surface area contributed by atoms with Gasteiger partial charge in [-0.2, -0.15) is 4.31 Å². The molecule has 3 aliphatic heterocycles. The second-order valence-corrected chi connectivity index (χ2v) is 23.2. The van der Waals surface area contributed by atoms with Gasteiger partial charge in [-0.25, -0.2) is 13.2 Å². The van der Waals surface area contributed by atoms with E-state index in [0.717, 1.165) is 62.6 Å². The number of carbonyl (C=O) groups is 3. The molecule has 3 N–H and O–H groups in total. The van der Waals surface area contributed by atoms with E-state index in [4.69, 9.17) is 18.9 Å². The minimum Gasteiger partial charge on any atom is -0.497 e. The van der Waals surface area contributed by atoms with Gasteiger partial charge in [0.05, 0.1) is 49.2 Å². The van der Waals surface area contributed by atoms with E-state index >= 15 is 0 Å². The number of thiophene rings is 1. The number of amides is 1. The molecule has 14 nitrogen and oxygen atoms in total. The number of benzene rings is 3. The zero-order valence-electron chi connectivity index (χ0n) is 39.9. The molecule has 0 radical (unpaired) electrons. The van der Waals surface area contributed by atoms with Gasteiger partial charge in [0.15, 0.2) is 5.79 Å². The van der Waals surface area contributed by atoms with Crippen LogP contribution in [0.4, 0.5) is 11.4 Å². The van der Waals surface area contributed by atoms with Crippen LogP contribution in [-0.2, 0) is 59.6 Å². The Bertz CT molecular complexity index is 2590. The molecule has 4 aliphatic rings. The van der Waals surface area contributed by atoms with Crippen LogP contribution < -0.4 is 15.0 Å². The minimum absolute atomic E-state index is 0.00136. The first-order chi connectivity index (χ1) is 32.3. The monoisotopic (exact) mass is 971 g/mol. The van der Waals surface area contributed by atoms with Crippen LogP contribution in [0.1, 0.15) is 98.6 Å². The fourth-order valence-electron chi connectivity index (χ4n) is 10.2. The number of nitrogens with zero attached hydrogens (tertiary/aromatic N) is 2.